The lowest BCUT2D eigenvalue weighted by Crippen LogP contribution is -2.35. The number of aliphatic hydroxyl groups excluding tert-OH is 1. The van der Waals surface area contributed by atoms with Crippen LogP contribution in [0.3, 0.4) is 0 Å². The monoisotopic (exact) mass is 259 g/mol. The third-order valence-corrected chi connectivity index (χ3v) is 3.81. The van der Waals surface area contributed by atoms with Crippen LogP contribution >= 0.6 is 0 Å². The number of nitrogens with zero attached hydrogens (tertiary/aromatic N) is 1. The van der Waals surface area contributed by atoms with Gasteiger partial charge in [0.15, 0.2) is 0 Å². The summed E-state index contributed by atoms with van der Waals surface area (Å²) in [4.78, 5) is 3.63. The van der Waals surface area contributed by atoms with Crippen LogP contribution < -0.4 is 10.5 Å². The maximum atomic E-state index is 11.8. The first-order valence-electron chi connectivity index (χ1n) is 5.23. The van der Waals surface area contributed by atoms with E-state index >= 15 is 0 Å². The molecule has 1 atom stereocenters. The van der Waals surface area contributed by atoms with Crippen molar-refractivity contribution in [2.75, 3.05) is 12.3 Å². The van der Waals surface area contributed by atoms with E-state index in [2.05, 4.69) is 9.71 Å². The normalized spacial score (nSPS) is 13.9. The Bertz CT molecular complexity index is 473. The molecule has 1 unspecified atom stereocenters. The smallest absolute Gasteiger partial charge is 0.244 e. The van der Waals surface area contributed by atoms with Gasteiger partial charge in [-0.1, -0.05) is 13.8 Å². The van der Waals surface area contributed by atoms with Crippen LogP contribution in [0.1, 0.15) is 13.8 Å². The van der Waals surface area contributed by atoms with Crippen molar-refractivity contribution in [2.24, 2.45) is 5.92 Å². The Morgan fingerprint density at radius 3 is 2.71 bits per heavy atom. The minimum Gasteiger partial charge on any atom is -0.391 e. The molecule has 1 heterocycles. The molecule has 0 fully saturated rings. The summed E-state index contributed by atoms with van der Waals surface area (Å²) in [6.45, 7) is 3.56. The summed E-state index contributed by atoms with van der Waals surface area (Å²) >= 11 is 0. The second-order valence-electron chi connectivity index (χ2n) is 4.05. The molecule has 0 aliphatic rings. The van der Waals surface area contributed by atoms with Crippen LogP contribution in [0, 0.1) is 5.92 Å². The van der Waals surface area contributed by atoms with E-state index in [-0.39, 0.29) is 23.2 Å². The highest BCUT2D eigenvalue weighted by atomic mass is 32.2. The van der Waals surface area contributed by atoms with Crippen LogP contribution in [0.5, 0.6) is 0 Å². The number of nitrogen functional groups attached to an aromatic ring is 1. The lowest BCUT2D eigenvalue weighted by molar-refractivity contribution is 0.129. The highest BCUT2D eigenvalue weighted by Crippen LogP contribution is 2.14. The lowest BCUT2D eigenvalue weighted by Gasteiger charge is -2.15. The number of hydrogen-bond donors (Lipinski definition) is 3. The van der Waals surface area contributed by atoms with Crippen molar-refractivity contribution in [1.29, 1.82) is 0 Å². The zero-order chi connectivity index (χ0) is 13.1. The highest BCUT2D eigenvalue weighted by Gasteiger charge is 2.19. The van der Waals surface area contributed by atoms with Crippen molar-refractivity contribution in [2.45, 2.75) is 24.8 Å². The number of pyridine rings is 1. The maximum absolute atomic E-state index is 11.8. The van der Waals surface area contributed by atoms with Gasteiger partial charge in [-0.15, -0.1) is 0 Å². The predicted octanol–water partition coefficient (Wildman–Crippen LogP) is -0.0410. The highest BCUT2D eigenvalue weighted by molar-refractivity contribution is 7.89. The summed E-state index contributed by atoms with van der Waals surface area (Å²) in [5.41, 5.74) is 5.48. The number of hydrogen-bond acceptors (Lipinski definition) is 5. The maximum Gasteiger partial charge on any atom is 0.244 e. The first-order valence-corrected chi connectivity index (χ1v) is 6.71. The number of aliphatic hydroxyl groups is 1. The molecular weight excluding hydrogens is 242 g/mol. The predicted molar refractivity (Wildman–Crippen MR) is 64.7 cm³/mol. The Labute approximate surface area is 101 Å². The second kappa shape index (κ2) is 5.44. The van der Waals surface area contributed by atoms with Gasteiger partial charge >= 0.3 is 0 Å². The minimum absolute atomic E-state index is 0.0241. The van der Waals surface area contributed by atoms with Gasteiger partial charge in [0.1, 0.15) is 10.7 Å². The number of aromatic nitrogens is 1. The molecule has 0 aliphatic heterocycles. The van der Waals surface area contributed by atoms with Gasteiger partial charge in [-0.3, -0.25) is 0 Å². The van der Waals surface area contributed by atoms with Crippen LogP contribution in [0.4, 0.5) is 5.82 Å². The zero-order valence-electron chi connectivity index (χ0n) is 9.79. The van der Waals surface area contributed by atoms with Gasteiger partial charge in [0.2, 0.25) is 10.0 Å². The van der Waals surface area contributed by atoms with E-state index in [9.17, 15) is 13.5 Å². The average Bonchev–Trinajstić information content (AvgIpc) is 2.26. The molecule has 0 saturated heterocycles. The van der Waals surface area contributed by atoms with Crippen molar-refractivity contribution < 1.29 is 13.5 Å². The van der Waals surface area contributed by atoms with Gasteiger partial charge in [0.25, 0.3) is 0 Å². The van der Waals surface area contributed by atoms with Crippen molar-refractivity contribution >= 4 is 15.8 Å². The number of nitrogens with one attached hydrogen (secondary N) is 1. The first kappa shape index (κ1) is 13.9. The molecule has 96 valence electrons. The number of anilines is 1. The SMILES string of the molecule is CC(C)C(O)CNS(=O)(=O)c1cccnc1N. The molecule has 0 amide bonds. The molecule has 1 rings (SSSR count). The summed E-state index contributed by atoms with van der Waals surface area (Å²) in [5.74, 6) is -0.0806. The molecule has 0 saturated carbocycles. The second-order valence-corrected chi connectivity index (χ2v) is 5.79. The standard InChI is InChI=1S/C10H17N3O3S/c1-7(2)8(14)6-13-17(15,16)9-4-3-5-12-10(9)11/h3-5,7-8,13-14H,6H2,1-2H3,(H2,11,12). The molecule has 1 aromatic rings. The summed E-state index contributed by atoms with van der Waals surface area (Å²) < 4.78 is 26.0. The molecule has 0 bridgehead atoms. The Kier molecular flexibility index (Phi) is 4.44. The van der Waals surface area contributed by atoms with E-state index in [4.69, 9.17) is 5.73 Å². The van der Waals surface area contributed by atoms with E-state index < -0.39 is 16.1 Å². The molecule has 6 nitrogen and oxygen atoms in total. The molecule has 0 aliphatic carbocycles. The number of rotatable bonds is 5. The van der Waals surface area contributed by atoms with Crippen molar-refractivity contribution in [1.82, 2.24) is 9.71 Å². The van der Waals surface area contributed by atoms with Gasteiger partial charge < -0.3 is 10.8 Å². The number of nitrogens with two attached hydrogens (primary N) is 1. The minimum atomic E-state index is -3.72. The largest absolute Gasteiger partial charge is 0.391 e. The number of sulfonamides is 1. The Balaban J connectivity index is 2.80. The average molecular weight is 259 g/mol. The topological polar surface area (TPSA) is 105 Å². The van der Waals surface area contributed by atoms with Crippen molar-refractivity contribution in [3.05, 3.63) is 18.3 Å². The van der Waals surface area contributed by atoms with Gasteiger partial charge in [0, 0.05) is 12.7 Å². The van der Waals surface area contributed by atoms with Gasteiger partial charge in [-0.05, 0) is 18.1 Å². The molecule has 7 heteroatoms. The van der Waals surface area contributed by atoms with E-state index in [1.54, 1.807) is 13.8 Å². The fourth-order valence-electron chi connectivity index (χ4n) is 1.14. The van der Waals surface area contributed by atoms with E-state index in [0.717, 1.165) is 0 Å². The first-order chi connectivity index (χ1) is 7.84. The van der Waals surface area contributed by atoms with E-state index in [0.29, 0.717) is 0 Å². The Morgan fingerprint density at radius 1 is 1.53 bits per heavy atom. The van der Waals surface area contributed by atoms with Crippen LogP contribution in [0.25, 0.3) is 0 Å². The van der Waals surface area contributed by atoms with Crippen LogP contribution in [-0.2, 0) is 10.0 Å². The van der Waals surface area contributed by atoms with Gasteiger partial charge in [-0.25, -0.2) is 18.1 Å². The fourth-order valence-corrected chi connectivity index (χ4v) is 2.27. The zero-order valence-corrected chi connectivity index (χ0v) is 10.6. The quantitative estimate of drug-likeness (QED) is 0.688. The summed E-state index contributed by atoms with van der Waals surface area (Å²) in [5, 5.41) is 9.53. The van der Waals surface area contributed by atoms with Crippen LogP contribution in [0.2, 0.25) is 0 Å². The Morgan fingerprint density at radius 2 is 2.18 bits per heavy atom. The molecular formula is C10H17N3O3S. The van der Waals surface area contributed by atoms with E-state index in [1.165, 1.54) is 18.3 Å². The molecule has 4 N–H and O–H groups in total. The Hall–Kier alpha value is -1.18. The van der Waals surface area contributed by atoms with Crippen LogP contribution in [-0.4, -0.2) is 31.2 Å². The van der Waals surface area contributed by atoms with Crippen molar-refractivity contribution in [3.8, 4) is 0 Å². The van der Waals surface area contributed by atoms with E-state index in [1.807, 2.05) is 0 Å². The third-order valence-electron chi connectivity index (χ3n) is 2.34. The summed E-state index contributed by atoms with van der Waals surface area (Å²) in [6.07, 6.45) is 0.680. The molecule has 1 aromatic heterocycles. The fraction of sp³-hybridized carbons (Fsp3) is 0.500. The summed E-state index contributed by atoms with van der Waals surface area (Å²) in [7, 11) is -3.72. The van der Waals surface area contributed by atoms with Gasteiger partial charge in [0.05, 0.1) is 6.10 Å². The molecule has 17 heavy (non-hydrogen) atoms. The lowest BCUT2D eigenvalue weighted by atomic mass is 10.1. The van der Waals surface area contributed by atoms with Gasteiger partial charge in [-0.2, -0.15) is 0 Å². The third kappa shape index (κ3) is 3.65. The molecule has 0 radical (unpaired) electrons. The van der Waals surface area contributed by atoms with Crippen molar-refractivity contribution in [3.63, 3.8) is 0 Å². The molecule has 0 aromatic carbocycles. The molecule has 0 spiro atoms. The summed E-state index contributed by atoms with van der Waals surface area (Å²) in [6, 6.07) is 2.86. The van der Waals surface area contributed by atoms with Crippen LogP contribution in [0.15, 0.2) is 23.2 Å².